The first-order chi connectivity index (χ1) is 10.5. The summed E-state index contributed by atoms with van der Waals surface area (Å²) in [7, 11) is 1.47. The van der Waals surface area contributed by atoms with E-state index in [4.69, 9.17) is 9.47 Å². The zero-order valence-electron chi connectivity index (χ0n) is 12.2. The second-order valence-corrected chi connectivity index (χ2v) is 5.17. The number of benzene rings is 1. The number of halogens is 1. The summed E-state index contributed by atoms with van der Waals surface area (Å²) in [5.74, 6) is -1.15. The lowest BCUT2D eigenvalue weighted by Gasteiger charge is -2.28. The fraction of sp³-hybridized carbons (Fsp3) is 0.333. The zero-order chi connectivity index (χ0) is 16.5. The lowest BCUT2D eigenvalue weighted by molar-refractivity contribution is -0.143. The zero-order valence-corrected chi connectivity index (χ0v) is 13.8. The van der Waals surface area contributed by atoms with E-state index in [1.165, 1.54) is 13.2 Å². The van der Waals surface area contributed by atoms with Crippen molar-refractivity contribution in [3.8, 4) is 0 Å². The second kappa shape index (κ2) is 9.22. The summed E-state index contributed by atoms with van der Waals surface area (Å²) in [6.07, 6.45) is 0.681. The standard InChI is InChI=1S/C15H18BrNO5/c1-3-9-22-15(20)17(8-10-21-2)13(14(18)19)11-6-4-5-7-12(11)16/h3-7,13H,1,8-10H2,2H3,(H,18,19). The van der Waals surface area contributed by atoms with E-state index in [9.17, 15) is 14.7 Å². The van der Waals surface area contributed by atoms with E-state index in [1.807, 2.05) is 0 Å². The molecule has 0 saturated heterocycles. The molecule has 0 radical (unpaired) electrons. The summed E-state index contributed by atoms with van der Waals surface area (Å²) < 4.78 is 10.5. The average molecular weight is 372 g/mol. The quantitative estimate of drug-likeness (QED) is 0.711. The first kappa shape index (κ1) is 18.2. The minimum absolute atomic E-state index is 0.00458. The summed E-state index contributed by atoms with van der Waals surface area (Å²) in [6.45, 7) is 3.75. The van der Waals surface area contributed by atoms with E-state index in [0.717, 1.165) is 4.90 Å². The fourth-order valence-electron chi connectivity index (χ4n) is 1.86. The summed E-state index contributed by atoms with van der Waals surface area (Å²) in [5.41, 5.74) is 0.460. The number of aliphatic carboxylic acids is 1. The molecule has 1 rings (SSSR count). The van der Waals surface area contributed by atoms with Gasteiger partial charge >= 0.3 is 12.1 Å². The Balaban J connectivity index is 3.14. The Morgan fingerprint density at radius 1 is 1.45 bits per heavy atom. The van der Waals surface area contributed by atoms with Crippen LogP contribution in [-0.2, 0) is 14.3 Å². The van der Waals surface area contributed by atoms with Crippen molar-refractivity contribution >= 4 is 28.0 Å². The van der Waals surface area contributed by atoms with Crippen molar-refractivity contribution in [2.24, 2.45) is 0 Å². The molecule has 0 aliphatic heterocycles. The van der Waals surface area contributed by atoms with Crippen LogP contribution in [0.1, 0.15) is 11.6 Å². The Morgan fingerprint density at radius 2 is 2.14 bits per heavy atom. The summed E-state index contributed by atoms with van der Waals surface area (Å²) in [5, 5.41) is 9.56. The van der Waals surface area contributed by atoms with Crippen molar-refractivity contribution in [2.45, 2.75) is 6.04 Å². The number of rotatable bonds is 8. The highest BCUT2D eigenvalue weighted by atomic mass is 79.9. The van der Waals surface area contributed by atoms with Gasteiger partial charge in [0.15, 0.2) is 6.04 Å². The summed E-state index contributed by atoms with van der Waals surface area (Å²) in [4.78, 5) is 25.0. The molecule has 0 saturated carbocycles. The SMILES string of the molecule is C=CCOC(=O)N(CCOC)C(C(=O)O)c1ccccc1Br. The van der Waals surface area contributed by atoms with Crippen LogP contribution < -0.4 is 0 Å². The monoisotopic (exact) mass is 371 g/mol. The van der Waals surface area contributed by atoms with E-state index < -0.39 is 18.1 Å². The van der Waals surface area contributed by atoms with E-state index in [2.05, 4.69) is 22.5 Å². The molecule has 0 spiro atoms. The van der Waals surface area contributed by atoms with Gasteiger partial charge in [-0.2, -0.15) is 0 Å². The van der Waals surface area contributed by atoms with Gasteiger partial charge in [-0.3, -0.25) is 4.90 Å². The van der Waals surface area contributed by atoms with Crippen LogP contribution in [0.15, 0.2) is 41.4 Å². The summed E-state index contributed by atoms with van der Waals surface area (Å²) >= 11 is 3.31. The van der Waals surface area contributed by atoms with Crippen molar-refractivity contribution in [1.29, 1.82) is 0 Å². The largest absolute Gasteiger partial charge is 0.479 e. The molecule has 1 aromatic carbocycles. The minimum Gasteiger partial charge on any atom is -0.479 e. The Hall–Kier alpha value is -1.86. The minimum atomic E-state index is -1.18. The van der Waals surface area contributed by atoms with Crippen molar-refractivity contribution < 1.29 is 24.2 Å². The normalized spacial score (nSPS) is 11.5. The molecule has 0 heterocycles. The third-order valence-electron chi connectivity index (χ3n) is 2.84. The van der Waals surface area contributed by atoms with Crippen molar-refractivity contribution in [1.82, 2.24) is 4.90 Å². The predicted octanol–water partition coefficient (Wildman–Crippen LogP) is 2.85. The topological polar surface area (TPSA) is 76.1 Å². The first-order valence-electron chi connectivity index (χ1n) is 6.53. The molecule has 22 heavy (non-hydrogen) atoms. The number of methoxy groups -OCH3 is 1. The maximum Gasteiger partial charge on any atom is 0.411 e. The van der Waals surface area contributed by atoms with Gasteiger partial charge in [0.25, 0.3) is 0 Å². The third kappa shape index (κ3) is 4.85. The van der Waals surface area contributed by atoms with E-state index in [0.29, 0.717) is 10.0 Å². The van der Waals surface area contributed by atoms with Crippen LogP contribution in [0.2, 0.25) is 0 Å². The Kier molecular flexibility index (Phi) is 7.62. The molecule has 1 atom stereocenters. The lowest BCUT2D eigenvalue weighted by Crippen LogP contribution is -2.41. The Labute approximate surface area is 137 Å². The van der Waals surface area contributed by atoms with Crippen LogP contribution in [0.4, 0.5) is 4.79 Å². The molecule has 6 nitrogen and oxygen atoms in total. The van der Waals surface area contributed by atoms with Gasteiger partial charge in [-0.1, -0.05) is 46.8 Å². The molecule has 7 heteroatoms. The number of carboxylic acid groups (broad SMARTS) is 1. The van der Waals surface area contributed by atoms with Crippen LogP contribution in [0.5, 0.6) is 0 Å². The van der Waals surface area contributed by atoms with Crippen LogP contribution >= 0.6 is 15.9 Å². The molecule has 0 aliphatic rings. The third-order valence-corrected chi connectivity index (χ3v) is 3.56. The number of nitrogens with zero attached hydrogens (tertiary/aromatic N) is 1. The smallest absolute Gasteiger partial charge is 0.411 e. The van der Waals surface area contributed by atoms with E-state index in [1.54, 1.807) is 24.3 Å². The molecule has 1 N–H and O–H groups in total. The number of hydrogen-bond donors (Lipinski definition) is 1. The number of carbonyl (C=O) groups excluding carboxylic acids is 1. The van der Waals surface area contributed by atoms with Crippen molar-refractivity contribution in [3.63, 3.8) is 0 Å². The molecule has 1 unspecified atom stereocenters. The number of carbonyl (C=O) groups is 2. The van der Waals surface area contributed by atoms with Gasteiger partial charge in [0.05, 0.1) is 6.61 Å². The molecule has 0 aliphatic carbocycles. The number of carboxylic acids is 1. The maximum atomic E-state index is 12.2. The molecule has 0 bridgehead atoms. The van der Waals surface area contributed by atoms with Gasteiger partial charge < -0.3 is 14.6 Å². The Morgan fingerprint density at radius 3 is 2.68 bits per heavy atom. The van der Waals surface area contributed by atoms with Gasteiger partial charge in [0, 0.05) is 23.7 Å². The molecule has 0 aromatic heterocycles. The van der Waals surface area contributed by atoms with Gasteiger partial charge in [-0.25, -0.2) is 9.59 Å². The van der Waals surface area contributed by atoms with E-state index in [-0.39, 0.29) is 19.8 Å². The molecular formula is C15H18BrNO5. The first-order valence-corrected chi connectivity index (χ1v) is 7.32. The highest BCUT2D eigenvalue weighted by Crippen LogP contribution is 2.28. The van der Waals surface area contributed by atoms with Gasteiger partial charge in [-0.05, 0) is 6.07 Å². The molecule has 1 aromatic rings. The van der Waals surface area contributed by atoms with Crippen LogP contribution in [-0.4, -0.2) is 48.9 Å². The van der Waals surface area contributed by atoms with E-state index >= 15 is 0 Å². The van der Waals surface area contributed by atoms with Gasteiger partial charge in [0.2, 0.25) is 0 Å². The number of ether oxygens (including phenoxy) is 2. The highest BCUT2D eigenvalue weighted by Gasteiger charge is 2.33. The number of amides is 1. The molecule has 120 valence electrons. The summed E-state index contributed by atoms with van der Waals surface area (Å²) in [6, 6.07) is 5.66. The van der Waals surface area contributed by atoms with Crippen molar-refractivity contribution in [3.05, 3.63) is 47.0 Å². The average Bonchev–Trinajstić information content (AvgIpc) is 2.49. The molecular weight excluding hydrogens is 354 g/mol. The van der Waals surface area contributed by atoms with Crippen molar-refractivity contribution in [2.75, 3.05) is 26.9 Å². The fourth-order valence-corrected chi connectivity index (χ4v) is 2.36. The second-order valence-electron chi connectivity index (χ2n) is 4.31. The highest BCUT2D eigenvalue weighted by molar-refractivity contribution is 9.10. The predicted molar refractivity (Wildman–Crippen MR) is 84.6 cm³/mol. The lowest BCUT2D eigenvalue weighted by atomic mass is 10.1. The van der Waals surface area contributed by atoms with Gasteiger partial charge in [0.1, 0.15) is 6.61 Å². The molecule has 0 fully saturated rings. The molecule has 1 amide bonds. The van der Waals surface area contributed by atoms with Crippen LogP contribution in [0, 0.1) is 0 Å². The Bertz CT molecular complexity index is 534. The van der Waals surface area contributed by atoms with Crippen LogP contribution in [0.25, 0.3) is 0 Å². The maximum absolute atomic E-state index is 12.2. The number of hydrogen-bond acceptors (Lipinski definition) is 4. The van der Waals surface area contributed by atoms with Gasteiger partial charge in [-0.15, -0.1) is 0 Å². The van der Waals surface area contributed by atoms with Crippen LogP contribution in [0.3, 0.4) is 0 Å².